The van der Waals surface area contributed by atoms with Crippen molar-refractivity contribution in [2.75, 3.05) is 0 Å². The molecular weight excluding hydrogens is 365 g/mol. The van der Waals surface area contributed by atoms with E-state index < -0.39 is 0 Å². The van der Waals surface area contributed by atoms with Crippen LogP contribution in [0, 0.1) is 46.3 Å². The van der Waals surface area contributed by atoms with Crippen molar-refractivity contribution in [2.45, 2.75) is 111 Å². The fraction of sp³-hybridized carbons (Fsp3) is 0.926. The van der Waals surface area contributed by atoms with Crippen LogP contribution in [-0.2, 0) is 0 Å². The Bertz CT molecular complexity index is 608. The number of fused-ring (bicyclic) bond motifs is 5. The second-order valence-electron chi connectivity index (χ2n) is 12.2. The molecule has 0 aromatic heterocycles. The Morgan fingerprint density at radius 2 is 1.79 bits per heavy atom. The van der Waals surface area contributed by atoms with Gasteiger partial charge in [0, 0.05) is 0 Å². The van der Waals surface area contributed by atoms with Gasteiger partial charge in [0.1, 0.15) is 0 Å². The van der Waals surface area contributed by atoms with Gasteiger partial charge in [-0.2, -0.15) is 0 Å². The van der Waals surface area contributed by atoms with Gasteiger partial charge >= 0.3 is 23.1 Å². The first kappa shape index (κ1) is 24.1. The van der Waals surface area contributed by atoms with E-state index in [9.17, 15) is 5.11 Å². The first-order valence-electron chi connectivity index (χ1n) is 12.6. The minimum atomic E-state index is -0.0766. The molecule has 4 aliphatic carbocycles. The second kappa shape index (κ2) is 9.14. The van der Waals surface area contributed by atoms with Crippen LogP contribution in [0.3, 0.4) is 0 Å². The molecule has 2 heteroatoms. The Hall–Kier alpha value is 0.466. The summed E-state index contributed by atoms with van der Waals surface area (Å²) in [5, 5.41) is 10.2. The molecule has 0 aromatic rings. The number of aliphatic hydroxyl groups is 1. The SMILES string of the molecule is CC(C)CCC[C@@H](C)[C@H]1CC[C@H]2[C@@H]3CC=C4C[C@@H](O)CC[C@]4(C)[C@H]3CC[C@]12C.[H-].[H-].[Mg+2]. The topological polar surface area (TPSA) is 20.2 Å². The van der Waals surface area contributed by atoms with E-state index in [0.29, 0.717) is 10.8 Å². The summed E-state index contributed by atoms with van der Waals surface area (Å²) in [5.74, 6) is 5.46. The van der Waals surface area contributed by atoms with E-state index in [1.54, 1.807) is 5.57 Å². The van der Waals surface area contributed by atoms with Gasteiger partial charge in [-0.25, -0.2) is 0 Å². The zero-order chi connectivity index (χ0) is 20.1. The van der Waals surface area contributed by atoms with Crippen LogP contribution >= 0.6 is 0 Å². The molecule has 0 saturated heterocycles. The van der Waals surface area contributed by atoms with Gasteiger partial charge < -0.3 is 7.96 Å². The molecule has 1 nitrogen and oxygen atoms in total. The smallest absolute Gasteiger partial charge is 1.00 e. The van der Waals surface area contributed by atoms with Crippen LogP contribution in [0.25, 0.3) is 0 Å². The monoisotopic (exact) mass is 412 g/mol. The summed E-state index contributed by atoms with van der Waals surface area (Å²) in [6, 6.07) is 0. The summed E-state index contributed by atoms with van der Waals surface area (Å²) in [6.45, 7) is 12.6. The number of allylic oxidation sites excluding steroid dienone is 1. The van der Waals surface area contributed by atoms with Gasteiger partial charge in [-0.15, -0.1) is 0 Å². The molecule has 1 N–H and O–H groups in total. The fourth-order valence-corrected chi connectivity index (χ4v) is 8.67. The van der Waals surface area contributed by atoms with Crippen molar-refractivity contribution in [1.82, 2.24) is 0 Å². The standard InChI is InChI=1S/C27H46O.Mg.2H/c1-18(2)7-6-8-19(3)23-11-12-24-22-10-9-20-17-21(28)13-15-26(20,4)25(22)14-16-27(23,24)5;;;/h9,18-19,21-25,28H,6-8,10-17H2,1-5H3;;;/q;+2;2*-1/t19-,21+,22+,23-,24+,25+,26+,27-;;;/m1.../s1. The third kappa shape index (κ3) is 4.25. The summed E-state index contributed by atoms with van der Waals surface area (Å²) in [7, 11) is 0. The van der Waals surface area contributed by atoms with Crippen molar-refractivity contribution >= 4 is 23.1 Å². The second-order valence-corrected chi connectivity index (χ2v) is 12.2. The molecule has 8 atom stereocenters. The Morgan fingerprint density at radius 1 is 1.03 bits per heavy atom. The van der Waals surface area contributed by atoms with Crippen molar-refractivity contribution < 1.29 is 7.96 Å². The summed E-state index contributed by atoms with van der Waals surface area (Å²) in [5.41, 5.74) is 2.60. The van der Waals surface area contributed by atoms with Gasteiger partial charge in [-0.1, -0.05) is 65.5 Å². The molecule has 0 heterocycles. The van der Waals surface area contributed by atoms with Gasteiger partial charge in [-0.05, 0) is 97.7 Å². The van der Waals surface area contributed by atoms with Gasteiger partial charge in [0.25, 0.3) is 0 Å². The van der Waals surface area contributed by atoms with Crippen LogP contribution in [0.4, 0.5) is 0 Å². The molecule has 4 aliphatic rings. The number of hydrogen-bond donors (Lipinski definition) is 1. The summed E-state index contributed by atoms with van der Waals surface area (Å²) < 4.78 is 0. The molecular formula is C27H48MgO. The average Bonchev–Trinajstić information content (AvgIpc) is 2.99. The maximum atomic E-state index is 10.2. The summed E-state index contributed by atoms with van der Waals surface area (Å²) in [6.07, 6.45) is 17.2. The van der Waals surface area contributed by atoms with E-state index in [1.165, 1.54) is 57.8 Å². The minimum Gasteiger partial charge on any atom is -1.00 e. The Kier molecular flexibility index (Phi) is 7.60. The fourth-order valence-electron chi connectivity index (χ4n) is 8.67. The number of hydrogen-bond acceptors (Lipinski definition) is 1. The number of rotatable bonds is 5. The Balaban J connectivity index is 0.00000160. The van der Waals surface area contributed by atoms with E-state index in [-0.39, 0.29) is 32.0 Å². The zero-order valence-corrected chi connectivity index (χ0v) is 21.5. The predicted molar refractivity (Wildman–Crippen MR) is 127 cm³/mol. The van der Waals surface area contributed by atoms with Crippen LogP contribution in [-0.4, -0.2) is 34.3 Å². The van der Waals surface area contributed by atoms with Crippen LogP contribution in [0.1, 0.15) is 108 Å². The van der Waals surface area contributed by atoms with Crippen LogP contribution in [0.2, 0.25) is 0 Å². The maximum absolute atomic E-state index is 10.2. The largest absolute Gasteiger partial charge is 2.00 e. The molecule has 0 amide bonds. The third-order valence-electron chi connectivity index (χ3n) is 10.3. The Labute approximate surface area is 200 Å². The minimum absolute atomic E-state index is 0. The van der Waals surface area contributed by atoms with Crippen molar-refractivity contribution in [2.24, 2.45) is 46.3 Å². The van der Waals surface area contributed by atoms with Gasteiger partial charge in [0.2, 0.25) is 0 Å². The quantitative estimate of drug-likeness (QED) is 0.373. The molecule has 0 bridgehead atoms. The van der Waals surface area contributed by atoms with Crippen LogP contribution < -0.4 is 0 Å². The molecule has 4 rings (SSSR count). The normalized spacial score (nSPS) is 44.9. The average molecular weight is 413 g/mol. The Morgan fingerprint density at radius 3 is 2.52 bits per heavy atom. The van der Waals surface area contributed by atoms with E-state index in [2.05, 4.69) is 40.7 Å². The first-order chi connectivity index (χ1) is 13.3. The van der Waals surface area contributed by atoms with Crippen LogP contribution in [0.5, 0.6) is 0 Å². The van der Waals surface area contributed by atoms with E-state index in [0.717, 1.165) is 48.3 Å². The molecule has 3 fully saturated rings. The molecule has 0 radical (unpaired) electrons. The van der Waals surface area contributed by atoms with Gasteiger partial charge in [-0.3, -0.25) is 0 Å². The third-order valence-corrected chi connectivity index (χ3v) is 10.3. The van der Waals surface area contributed by atoms with Crippen molar-refractivity contribution in [1.29, 1.82) is 0 Å². The molecule has 29 heavy (non-hydrogen) atoms. The van der Waals surface area contributed by atoms with Crippen molar-refractivity contribution in [3.63, 3.8) is 0 Å². The molecule has 0 spiro atoms. The molecule has 0 unspecified atom stereocenters. The zero-order valence-electron chi connectivity index (χ0n) is 22.1. The van der Waals surface area contributed by atoms with Gasteiger partial charge in [0.05, 0.1) is 6.10 Å². The molecule has 164 valence electrons. The van der Waals surface area contributed by atoms with Gasteiger partial charge in [0.15, 0.2) is 0 Å². The van der Waals surface area contributed by atoms with E-state index in [4.69, 9.17) is 0 Å². The summed E-state index contributed by atoms with van der Waals surface area (Å²) >= 11 is 0. The first-order valence-corrected chi connectivity index (χ1v) is 12.6. The van der Waals surface area contributed by atoms with E-state index >= 15 is 0 Å². The predicted octanol–water partition coefficient (Wildman–Crippen LogP) is 7.23. The summed E-state index contributed by atoms with van der Waals surface area (Å²) in [4.78, 5) is 0. The van der Waals surface area contributed by atoms with Crippen molar-refractivity contribution in [3.05, 3.63) is 11.6 Å². The molecule has 3 saturated carbocycles. The van der Waals surface area contributed by atoms with Crippen molar-refractivity contribution in [3.8, 4) is 0 Å². The van der Waals surface area contributed by atoms with Crippen LogP contribution in [0.15, 0.2) is 11.6 Å². The van der Waals surface area contributed by atoms with E-state index in [1.807, 2.05) is 0 Å². The molecule has 0 aromatic carbocycles. The number of aliphatic hydroxyl groups excluding tert-OH is 1. The maximum Gasteiger partial charge on any atom is 2.00 e. The molecule has 0 aliphatic heterocycles.